The molecule has 0 saturated carbocycles. The summed E-state index contributed by atoms with van der Waals surface area (Å²) < 4.78 is 1.64. The third kappa shape index (κ3) is 4.62. The fourth-order valence-corrected chi connectivity index (χ4v) is 3.90. The van der Waals surface area contributed by atoms with Crippen LogP contribution in [-0.2, 0) is 0 Å². The van der Waals surface area contributed by atoms with Gasteiger partial charge in [0.2, 0.25) is 0 Å². The zero-order chi connectivity index (χ0) is 23.7. The van der Waals surface area contributed by atoms with Gasteiger partial charge in [0.25, 0.3) is 0 Å². The molecule has 8 nitrogen and oxygen atoms in total. The molecule has 10 heteroatoms. The molecule has 4 rings (SSSR count). The topological polar surface area (TPSA) is 114 Å². The van der Waals surface area contributed by atoms with E-state index in [9.17, 15) is 9.59 Å². The van der Waals surface area contributed by atoms with Crippen molar-refractivity contribution in [2.45, 2.75) is 19.8 Å². The maximum absolute atomic E-state index is 13.4. The number of ketones is 1. The number of hydrogen-bond donors (Lipinski definition) is 3. The van der Waals surface area contributed by atoms with E-state index in [1.165, 1.54) is 12.4 Å². The molecule has 0 fully saturated rings. The lowest BCUT2D eigenvalue weighted by Crippen LogP contribution is -2.19. The second-order valence-corrected chi connectivity index (χ2v) is 8.50. The van der Waals surface area contributed by atoms with Crippen LogP contribution in [0, 0.1) is 0 Å². The van der Waals surface area contributed by atoms with Crippen molar-refractivity contribution in [3.05, 3.63) is 81.7 Å². The molecule has 0 saturated heterocycles. The van der Waals surface area contributed by atoms with Crippen molar-refractivity contribution in [3.63, 3.8) is 0 Å². The van der Waals surface area contributed by atoms with Crippen molar-refractivity contribution in [1.29, 1.82) is 0 Å². The van der Waals surface area contributed by atoms with Crippen LogP contribution in [0.5, 0.6) is 0 Å². The minimum absolute atomic E-state index is 0.115. The summed E-state index contributed by atoms with van der Waals surface area (Å²) in [5, 5.41) is 10.4. The van der Waals surface area contributed by atoms with Gasteiger partial charge >= 0.3 is 6.03 Å². The third-order valence-corrected chi connectivity index (χ3v) is 5.56. The van der Waals surface area contributed by atoms with E-state index < -0.39 is 6.03 Å². The predicted molar refractivity (Wildman–Crippen MR) is 130 cm³/mol. The van der Waals surface area contributed by atoms with E-state index in [4.69, 9.17) is 28.9 Å². The molecule has 0 unspecified atom stereocenters. The Morgan fingerprint density at radius 1 is 1.06 bits per heavy atom. The fraction of sp³-hybridized carbons (Fsp3) is 0.130. The number of nitrogens with zero attached hydrogens (tertiary/aromatic N) is 3. The number of rotatable bonds is 5. The molecule has 2 aromatic heterocycles. The molecule has 33 heavy (non-hydrogen) atoms. The van der Waals surface area contributed by atoms with E-state index in [0.717, 1.165) is 5.69 Å². The third-order valence-electron chi connectivity index (χ3n) is 5.01. The molecule has 0 radical (unpaired) electrons. The van der Waals surface area contributed by atoms with E-state index in [1.54, 1.807) is 47.0 Å². The molecule has 2 amide bonds. The number of nitrogens with two attached hydrogens (primary N) is 1. The van der Waals surface area contributed by atoms with Gasteiger partial charge < -0.3 is 16.4 Å². The highest BCUT2D eigenvalue weighted by atomic mass is 35.5. The molecule has 2 heterocycles. The second-order valence-electron chi connectivity index (χ2n) is 7.66. The Kier molecular flexibility index (Phi) is 6.22. The summed E-state index contributed by atoms with van der Waals surface area (Å²) in [4.78, 5) is 29.8. The number of anilines is 3. The van der Waals surface area contributed by atoms with Gasteiger partial charge in [0, 0.05) is 22.0 Å². The summed E-state index contributed by atoms with van der Waals surface area (Å²) in [5.41, 5.74) is 8.98. The summed E-state index contributed by atoms with van der Waals surface area (Å²) in [6, 6.07) is 12.6. The molecule has 0 bridgehead atoms. The Labute approximate surface area is 199 Å². The Morgan fingerprint density at radius 3 is 2.58 bits per heavy atom. The number of fused-ring (bicyclic) bond motifs is 1. The van der Waals surface area contributed by atoms with Crippen molar-refractivity contribution in [1.82, 2.24) is 14.6 Å². The van der Waals surface area contributed by atoms with Gasteiger partial charge in [0.1, 0.15) is 11.8 Å². The molecular formula is C23H20Cl2N6O2. The highest BCUT2D eigenvalue weighted by Crippen LogP contribution is 2.28. The number of urea groups is 1. The van der Waals surface area contributed by atoms with Crippen molar-refractivity contribution in [2.75, 3.05) is 16.4 Å². The number of amides is 2. The summed E-state index contributed by atoms with van der Waals surface area (Å²) in [7, 11) is 0. The zero-order valence-electron chi connectivity index (χ0n) is 17.8. The Hall–Kier alpha value is -3.62. The molecule has 0 spiro atoms. The van der Waals surface area contributed by atoms with Gasteiger partial charge in [-0.2, -0.15) is 5.10 Å². The average molecular weight is 483 g/mol. The van der Waals surface area contributed by atoms with E-state index in [1.807, 2.05) is 13.8 Å². The van der Waals surface area contributed by atoms with E-state index in [0.29, 0.717) is 38.1 Å². The monoisotopic (exact) mass is 482 g/mol. The van der Waals surface area contributed by atoms with Gasteiger partial charge in [0.05, 0.1) is 16.3 Å². The van der Waals surface area contributed by atoms with Crippen LogP contribution < -0.4 is 16.4 Å². The molecule has 0 aliphatic heterocycles. The van der Waals surface area contributed by atoms with Gasteiger partial charge in [-0.15, -0.1) is 0 Å². The Morgan fingerprint density at radius 2 is 1.85 bits per heavy atom. The molecule has 0 aliphatic rings. The zero-order valence-corrected chi connectivity index (χ0v) is 19.3. The standard InChI is InChI=1S/C23H20Cl2N6O2/c1-12(2)19-10-16(20-22(26)27-11-28-31(19)20)21(32)13-4-3-5-15(8-13)29-23(33)30-18-7-6-14(24)9-17(18)25/h3-12H,1-2H3,(H2,26,27,28)(H2,29,30,33). The van der Waals surface area contributed by atoms with E-state index in [-0.39, 0.29) is 17.5 Å². The minimum Gasteiger partial charge on any atom is -0.382 e. The number of benzene rings is 2. The molecular weight excluding hydrogens is 463 g/mol. The first-order valence-corrected chi connectivity index (χ1v) is 10.8. The van der Waals surface area contributed by atoms with Crippen LogP contribution in [-0.4, -0.2) is 26.4 Å². The lowest BCUT2D eigenvalue weighted by Gasteiger charge is -2.10. The van der Waals surface area contributed by atoms with Crippen molar-refractivity contribution in [3.8, 4) is 0 Å². The quantitative estimate of drug-likeness (QED) is 0.319. The van der Waals surface area contributed by atoms with Crippen LogP contribution in [0.1, 0.15) is 41.4 Å². The van der Waals surface area contributed by atoms with Gasteiger partial charge in [-0.05, 0) is 42.3 Å². The first kappa shape index (κ1) is 22.6. The Bertz CT molecular complexity index is 1380. The molecule has 0 aliphatic carbocycles. The minimum atomic E-state index is -0.516. The number of hydrogen-bond acceptors (Lipinski definition) is 5. The Balaban J connectivity index is 1.60. The smallest absolute Gasteiger partial charge is 0.323 e. The van der Waals surface area contributed by atoms with Gasteiger partial charge in [0.15, 0.2) is 11.6 Å². The van der Waals surface area contributed by atoms with E-state index >= 15 is 0 Å². The van der Waals surface area contributed by atoms with Gasteiger partial charge in [-0.1, -0.05) is 49.2 Å². The highest BCUT2D eigenvalue weighted by molar-refractivity contribution is 6.36. The van der Waals surface area contributed by atoms with Gasteiger partial charge in [-0.25, -0.2) is 14.3 Å². The predicted octanol–water partition coefficient (Wildman–Crippen LogP) is 5.62. The summed E-state index contributed by atoms with van der Waals surface area (Å²) >= 11 is 12.0. The maximum Gasteiger partial charge on any atom is 0.323 e. The van der Waals surface area contributed by atoms with Crippen molar-refractivity contribution in [2.24, 2.45) is 0 Å². The SMILES string of the molecule is CC(C)c1cc(C(=O)c2cccc(NC(=O)Nc3ccc(Cl)cc3Cl)c2)c2c(N)ncnn12. The highest BCUT2D eigenvalue weighted by Gasteiger charge is 2.22. The normalized spacial score (nSPS) is 11.1. The van der Waals surface area contributed by atoms with Crippen molar-refractivity contribution >= 4 is 57.7 Å². The summed E-state index contributed by atoms with van der Waals surface area (Å²) in [6.45, 7) is 4.01. The lowest BCUT2D eigenvalue weighted by atomic mass is 10.0. The molecule has 2 aromatic carbocycles. The molecule has 168 valence electrons. The van der Waals surface area contributed by atoms with Gasteiger partial charge in [-0.3, -0.25) is 4.79 Å². The maximum atomic E-state index is 13.4. The van der Waals surface area contributed by atoms with Crippen LogP contribution in [0.4, 0.5) is 22.0 Å². The largest absolute Gasteiger partial charge is 0.382 e. The van der Waals surface area contributed by atoms with E-state index in [2.05, 4.69) is 20.7 Å². The van der Waals surface area contributed by atoms with Crippen LogP contribution in [0.25, 0.3) is 5.52 Å². The lowest BCUT2D eigenvalue weighted by molar-refractivity contribution is 0.104. The van der Waals surface area contributed by atoms with Crippen LogP contribution in [0.3, 0.4) is 0 Å². The number of carbonyl (C=O) groups excluding carboxylic acids is 2. The number of nitrogen functional groups attached to an aromatic ring is 1. The fourth-order valence-electron chi connectivity index (χ4n) is 3.45. The number of nitrogens with one attached hydrogen (secondary N) is 2. The number of halogens is 2. The molecule has 4 N–H and O–H groups in total. The number of aromatic nitrogens is 3. The van der Waals surface area contributed by atoms with Crippen LogP contribution in [0.15, 0.2) is 54.9 Å². The summed E-state index contributed by atoms with van der Waals surface area (Å²) in [5.74, 6) is 0.0733. The van der Waals surface area contributed by atoms with Crippen LogP contribution in [0.2, 0.25) is 10.0 Å². The average Bonchev–Trinajstić information content (AvgIpc) is 3.17. The first-order chi connectivity index (χ1) is 15.7. The summed E-state index contributed by atoms with van der Waals surface area (Å²) in [6.07, 6.45) is 1.36. The molecule has 0 atom stereocenters. The van der Waals surface area contributed by atoms with Crippen molar-refractivity contribution < 1.29 is 9.59 Å². The molecule has 4 aromatic rings. The first-order valence-electron chi connectivity index (χ1n) is 10.0. The second kappa shape index (κ2) is 9.09. The van der Waals surface area contributed by atoms with Crippen LogP contribution >= 0.6 is 23.2 Å². The number of carbonyl (C=O) groups is 2.